The summed E-state index contributed by atoms with van der Waals surface area (Å²) in [6.07, 6.45) is -4.73. The molecule has 0 spiro atoms. The molecule has 0 amide bonds. The number of carbonyl (C=O) groups excluding carboxylic acids is 1. The number of nitrogens with zero attached hydrogens (tertiary/aromatic N) is 1. The summed E-state index contributed by atoms with van der Waals surface area (Å²) in [7, 11) is 1.29. The van der Waals surface area contributed by atoms with Crippen LogP contribution in [-0.2, 0) is 16.1 Å². The Kier molecular flexibility index (Phi) is 7.66. The highest BCUT2D eigenvalue weighted by atomic mass is 32.1. The van der Waals surface area contributed by atoms with Gasteiger partial charge in [-0.2, -0.15) is 0 Å². The molecule has 11 heteroatoms. The Bertz CT molecular complexity index is 1090. The number of carbonyl (C=O) groups is 1. The molecule has 3 rings (SSSR count). The van der Waals surface area contributed by atoms with Crippen LogP contribution in [0.1, 0.15) is 10.6 Å². The topological polar surface area (TPSA) is 66.9 Å². The standard InChI is InChI=1S/C21H17F3NO5S.Al/c1-13-9-16(7-8-17(13)29-12-20(26)27-2)28-11-19-25-10-18(31-19)14-3-5-15(6-4-14)30-21(22,23)24;/h3-9H,11-12H2,1-2H3;. The van der Waals surface area contributed by atoms with Crippen LogP contribution in [0.2, 0.25) is 0 Å². The molecule has 166 valence electrons. The predicted molar refractivity (Wildman–Crippen MR) is 113 cm³/mol. The molecular formula is C21H17AlF3NO5S. The maximum Gasteiger partial charge on any atom is 0.573 e. The Morgan fingerprint density at radius 2 is 1.78 bits per heavy atom. The van der Waals surface area contributed by atoms with Gasteiger partial charge in [0.15, 0.2) is 6.61 Å². The van der Waals surface area contributed by atoms with Gasteiger partial charge in [-0.1, -0.05) is 0 Å². The molecule has 1 aromatic heterocycles. The molecule has 32 heavy (non-hydrogen) atoms. The monoisotopic (exact) mass is 479 g/mol. The first kappa shape index (κ1) is 23.9. The van der Waals surface area contributed by atoms with Gasteiger partial charge in [0.1, 0.15) is 28.9 Å². The van der Waals surface area contributed by atoms with Gasteiger partial charge in [0, 0.05) is 4.88 Å². The molecule has 0 fully saturated rings. The fraction of sp³-hybridized carbons (Fsp3) is 0.238. The number of hydrogen-bond donors (Lipinski definition) is 0. The Balaban J connectivity index is 1.63. The minimum Gasteiger partial charge on any atom is -0.486 e. The number of alkyl halides is 3. The molecule has 0 N–H and O–H groups in total. The van der Waals surface area contributed by atoms with E-state index in [9.17, 15) is 18.0 Å². The molecule has 0 aliphatic carbocycles. The fourth-order valence-corrected chi connectivity index (χ4v) is 4.16. The van der Waals surface area contributed by atoms with Gasteiger partial charge in [0.05, 0.1) is 7.11 Å². The second kappa shape index (κ2) is 10.3. The van der Waals surface area contributed by atoms with Crippen molar-refractivity contribution in [3.8, 4) is 27.7 Å². The minimum absolute atomic E-state index is 0.181. The Morgan fingerprint density at radius 3 is 2.41 bits per heavy atom. The fourth-order valence-electron chi connectivity index (χ4n) is 2.67. The second-order valence-electron chi connectivity index (χ2n) is 6.47. The summed E-state index contributed by atoms with van der Waals surface area (Å²) in [4.78, 5) is 16.4. The number of ether oxygens (including phenoxy) is 4. The van der Waals surface area contributed by atoms with Crippen molar-refractivity contribution in [2.75, 3.05) is 13.7 Å². The van der Waals surface area contributed by atoms with E-state index in [4.69, 9.17) is 9.47 Å². The van der Waals surface area contributed by atoms with E-state index in [2.05, 4.69) is 30.7 Å². The van der Waals surface area contributed by atoms with Crippen LogP contribution in [0.15, 0.2) is 42.5 Å². The number of hydrogen-bond acceptors (Lipinski definition) is 7. The largest absolute Gasteiger partial charge is 0.573 e. The zero-order valence-corrected chi connectivity index (χ0v) is 19.0. The van der Waals surface area contributed by atoms with Gasteiger partial charge in [-0.15, -0.1) is 24.5 Å². The van der Waals surface area contributed by atoms with Crippen LogP contribution >= 0.6 is 11.3 Å². The molecule has 0 aliphatic heterocycles. The molecule has 6 nitrogen and oxygen atoms in total. The molecule has 0 bridgehead atoms. The number of aryl methyl sites for hydroxylation is 1. The lowest BCUT2D eigenvalue weighted by atomic mass is 10.2. The van der Waals surface area contributed by atoms with Crippen molar-refractivity contribution in [1.82, 2.24) is 4.98 Å². The lowest BCUT2D eigenvalue weighted by molar-refractivity contribution is -0.274. The Hall–Kier alpha value is -2.74. The SMILES string of the molecule is COC(=O)COc1ccc(OCc2n[c]([Al])c(-c3ccc(OC(F)(F)F)cc3)s2)cc1C. The van der Waals surface area contributed by atoms with Gasteiger partial charge in [0.25, 0.3) is 0 Å². The van der Waals surface area contributed by atoms with Crippen molar-refractivity contribution < 1.29 is 36.9 Å². The van der Waals surface area contributed by atoms with E-state index in [1.165, 1.54) is 30.6 Å². The normalized spacial score (nSPS) is 11.2. The van der Waals surface area contributed by atoms with Crippen molar-refractivity contribution in [2.24, 2.45) is 0 Å². The highest BCUT2D eigenvalue weighted by Gasteiger charge is 2.31. The zero-order chi connectivity index (χ0) is 23.3. The van der Waals surface area contributed by atoms with Crippen LogP contribution in [-0.4, -0.2) is 47.3 Å². The molecule has 0 unspecified atom stereocenters. The van der Waals surface area contributed by atoms with E-state index >= 15 is 0 Å². The number of thiazole rings is 1. The molecule has 0 saturated heterocycles. The van der Waals surface area contributed by atoms with Crippen molar-refractivity contribution in [2.45, 2.75) is 19.9 Å². The minimum atomic E-state index is -4.73. The van der Waals surface area contributed by atoms with Gasteiger partial charge < -0.3 is 18.9 Å². The van der Waals surface area contributed by atoms with Gasteiger partial charge in [-0.05, 0) is 65.1 Å². The van der Waals surface area contributed by atoms with Gasteiger partial charge in [0.2, 0.25) is 16.3 Å². The quantitative estimate of drug-likeness (QED) is 0.360. The highest BCUT2D eigenvalue weighted by Crippen LogP contribution is 2.29. The summed E-state index contributed by atoms with van der Waals surface area (Å²) < 4.78 is 57.3. The molecule has 0 saturated carbocycles. The molecule has 2 radical (unpaired) electrons. The molecule has 0 aliphatic rings. The molecular weight excluding hydrogens is 462 g/mol. The molecule has 2 aromatic carbocycles. The number of aromatic nitrogens is 1. The van der Waals surface area contributed by atoms with Gasteiger partial charge in [-0.25, -0.2) is 4.79 Å². The maximum atomic E-state index is 12.3. The summed E-state index contributed by atoms with van der Waals surface area (Å²) in [5.74, 6) is 0.391. The number of rotatable bonds is 8. The van der Waals surface area contributed by atoms with E-state index in [1.54, 1.807) is 30.3 Å². The van der Waals surface area contributed by atoms with Gasteiger partial charge >= 0.3 is 12.3 Å². The summed E-state index contributed by atoms with van der Waals surface area (Å²) in [5.41, 5.74) is 1.51. The van der Waals surface area contributed by atoms with E-state index in [0.717, 1.165) is 16.0 Å². The predicted octanol–water partition coefficient (Wildman–Crippen LogP) is 3.94. The third kappa shape index (κ3) is 6.63. The number of halogens is 3. The smallest absolute Gasteiger partial charge is 0.486 e. The van der Waals surface area contributed by atoms with Crippen LogP contribution in [0.25, 0.3) is 10.4 Å². The van der Waals surface area contributed by atoms with Crippen molar-refractivity contribution >= 4 is 38.2 Å². The Morgan fingerprint density at radius 1 is 1.09 bits per heavy atom. The average molecular weight is 479 g/mol. The lowest BCUT2D eigenvalue weighted by Gasteiger charge is -2.10. The van der Waals surface area contributed by atoms with Crippen LogP contribution < -0.4 is 18.8 Å². The zero-order valence-electron chi connectivity index (χ0n) is 17.1. The first-order valence-electron chi connectivity index (χ1n) is 9.19. The van der Waals surface area contributed by atoms with E-state index < -0.39 is 12.3 Å². The third-order valence-electron chi connectivity index (χ3n) is 4.13. The summed E-state index contributed by atoms with van der Waals surface area (Å²) in [6.45, 7) is 1.86. The van der Waals surface area contributed by atoms with Crippen molar-refractivity contribution in [3.05, 3.63) is 53.0 Å². The lowest BCUT2D eigenvalue weighted by Crippen LogP contribution is -2.17. The van der Waals surface area contributed by atoms with Crippen LogP contribution in [0.5, 0.6) is 17.2 Å². The van der Waals surface area contributed by atoms with Gasteiger partial charge in [-0.3, -0.25) is 4.98 Å². The number of esters is 1. The molecule has 3 aromatic rings. The second-order valence-corrected chi connectivity index (χ2v) is 8.11. The van der Waals surface area contributed by atoms with Crippen LogP contribution in [0.4, 0.5) is 13.2 Å². The van der Waals surface area contributed by atoms with E-state index in [-0.39, 0.29) is 19.0 Å². The van der Waals surface area contributed by atoms with Crippen molar-refractivity contribution in [1.29, 1.82) is 0 Å². The highest BCUT2D eigenvalue weighted by molar-refractivity contribution is 7.16. The summed E-state index contributed by atoms with van der Waals surface area (Å²) >= 11 is 3.89. The van der Waals surface area contributed by atoms with Crippen molar-refractivity contribution in [3.63, 3.8) is 0 Å². The average Bonchev–Trinajstić information content (AvgIpc) is 3.11. The summed E-state index contributed by atoms with van der Waals surface area (Å²) in [5, 5.41) is 0.698. The summed E-state index contributed by atoms with van der Waals surface area (Å²) in [6, 6.07) is 10.8. The van der Waals surface area contributed by atoms with Crippen LogP contribution in [0.3, 0.4) is 0 Å². The van der Waals surface area contributed by atoms with E-state index in [0.29, 0.717) is 21.1 Å². The number of benzene rings is 2. The maximum absolute atomic E-state index is 12.3. The van der Waals surface area contributed by atoms with Crippen LogP contribution in [0, 0.1) is 6.92 Å². The third-order valence-corrected chi connectivity index (χ3v) is 5.85. The van der Waals surface area contributed by atoms with E-state index in [1.807, 2.05) is 6.92 Å². The number of methoxy groups -OCH3 is 1. The first-order chi connectivity index (χ1) is 15.1. The Labute approximate surface area is 194 Å². The molecule has 0 atom stereocenters. The molecule has 1 heterocycles. The first-order valence-corrected chi connectivity index (χ1v) is 10.6.